The highest BCUT2D eigenvalue weighted by molar-refractivity contribution is 5.61. The first-order valence-electron chi connectivity index (χ1n) is 9.27. The van der Waals surface area contributed by atoms with Crippen molar-refractivity contribution in [2.75, 3.05) is 0 Å². The third-order valence-corrected chi connectivity index (χ3v) is 6.04. The maximum Gasteiger partial charge on any atom is 0.223 e. The SMILES string of the molecule is CC[C@@]1(Cc2noc(C)n2)c2nnc(-c3ccccc3F)cc2CC1(C)C. The zero-order valence-electron chi connectivity index (χ0n) is 16.1. The van der Waals surface area contributed by atoms with Crippen molar-refractivity contribution in [3.8, 4) is 11.3 Å². The second-order valence-corrected chi connectivity index (χ2v) is 7.99. The Hall–Kier alpha value is -2.63. The van der Waals surface area contributed by atoms with Crippen molar-refractivity contribution in [3.63, 3.8) is 0 Å². The highest BCUT2D eigenvalue weighted by Crippen LogP contribution is 2.54. The Morgan fingerprint density at radius 1 is 1.19 bits per heavy atom. The van der Waals surface area contributed by atoms with Crippen molar-refractivity contribution in [2.24, 2.45) is 5.41 Å². The molecule has 2 heterocycles. The first kappa shape index (κ1) is 17.8. The number of hydrogen-bond acceptors (Lipinski definition) is 5. The Balaban J connectivity index is 1.81. The van der Waals surface area contributed by atoms with Gasteiger partial charge in [-0.3, -0.25) is 0 Å². The fourth-order valence-corrected chi connectivity index (χ4v) is 4.51. The lowest BCUT2D eigenvalue weighted by Gasteiger charge is -2.40. The second kappa shape index (κ2) is 6.22. The van der Waals surface area contributed by atoms with Crippen LogP contribution in [0.4, 0.5) is 4.39 Å². The van der Waals surface area contributed by atoms with E-state index in [1.54, 1.807) is 19.1 Å². The molecular formula is C21H23FN4O. The number of halogens is 1. The van der Waals surface area contributed by atoms with Crippen LogP contribution in [0.1, 0.15) is 50.2 Å². The van der Waals surface area contributed by atoms with Crippen LogP contribution in [0.15, 0.2) is 34.9 Å². The first-order valence-corrected chi connectivity index (χ1v) is 9.27. The first-order chi connectivity index (χ1) is 12.9. The third-order valence-electron chi connectivity index (χ3n) is 6.04. The molecule has 0 radical (unpaired) electrons. The normalized spacial score (nSPS) is 20.6. The molecule has 0 aliphatic heterocycles. The van der Waals surface area contributed by atoms with Gasteiger partial charge in [0.2, 0.25) is 5.89 Å². The van der Waals surface area contributed by atoms with E-state index in [4.69, 9.17) is 4.52 Å². The maximum atomic E-state index is 14.2. The van der Waals surface area contributed by atoms with Crippen LogP contribution in [0, 0.1) is 18.2 Å². The van der Waals surface area contributed by atoms with Gasteiger partial charge >= 0.3 is 0 Å². The van der Waals surface area contributed by atoms with Gasteiger partial charge in [-0.25, -0.2) is 4.39 Å². The minimum absolute atomic E-state index is 0.0544. The summed E-state index contributed by atoms with van der Waals surface area (Å²) < 4.78 is 19.4. The van der Waals surface area contributed by atoms with Crippen LogP contribution in [0.5, 0.6) is 0 Å². The average Bonchev–Trinajstić information content (AvgIpc) is 3.13. The summed E-state index contributed by atoms with van der Waals surface area (Å²) in [6.45, 7) is 8.45. The van der Waals surface area contributed by atoms with Crippen molar-refractivity contribution in [1.82, 2.24) is 20.3 Å². The van der Waals surface area contributed by atoms with Crippen molar-refractivity contribution in [2.45, 2.75) is 52.4 Å². The second-order valence-electron chi connectivity index (χ2n) is 7.99. The van der Waals surface area contributed by atoms with Gasteiger partial charge < -0.3 is 4.52 Å². The molecule has 0 saturated heterocycles. The van der Waals surface area contributed by atoms with Gasteiger partial charge in [-0.05, 0) is 42.0 Å². The van der Waals surface area contributed by atoms with Gasteiger partial charge in [-0.15, -0.1) is 0 Å². The Morgan fingerprint density at radius 2 is 1.96 bits per heavy atom. The molecule has 4 rings (SSSR count). The van der Waals surface area contributed by atoms with Crippen LogP contribution < -0.4 is 0 Å². The van der Waals surface area contributed by atoms with E-state index in [9.17, 15) is 4.39 Å². The minimum Gasteiger partial charge on any atom is -0.340 e. The number of rotatable bonds is 4. The molecule has 0 saturated carbocycles. The molecule has 6 heteroatoms. The smallest absolute Gasteiger partial charge is 0.223 e. The standard InChI is InChI=1S/C21H23FN4O/c1-5-21(12-18-23-13(2)27-26-18)19-14(11-20(21,3)4)10-17(24-25-19)15-8-6-7-9-16(15)22/h6-10H,5,11-12H2,1-4H3/t21-/m1/s1. The van der Waals surface area contributed by atoms with Gasteiger partial charge in [0.1, 0.15) is 5.82 Å². The predicted molar refractivity (Wildman–Crippen MR) is 99.6 cm³/mol. The largest absolute Gasteiger partial charge is 0.340 e. The topological polar surface area (TPSA) is 64.7 Å². The van der Waals surface area contributed by atoms with Gasteiger partial charge in [-0.1, -0.05) is 38.1 Å². The number of aryl methyl sites for hydroxylation is 1. The molecule has 1 aromatic carbocycles. The molecule has 140 valence electrons. The number of aromatic nitrogens is 4. The van der Waals surface area contributed by atoms with Crippen molar-refractivity contribution in [1.29, 1.82) is 0 Å². The molecule has 3 aromatic rings. The zero-order valence-corrected chi connectivity index (χ0v) is 16.1. The predicted octanol–water partition coefficient (Wildman–Crippen LogP) is 4.45. The van der Waals surface area contributed by atoms with E-state index in [1.165, 1.54) is 6.07 Å². The van der Waals surface area contributed by atoms with Crippen LogP contribution in [-0.4, -0.2) is 20.3 Å². The van der Waals surface area contributed by atoms with E-state index in [1.807, 2.05) is 12.1 Å². The highest BCUT2D eigenvalue weighted by atomic mass is 19.1. The summed E-state index contributed by atoms with van der Waals surface area (Å²) in [5, 5.41) is 13.1. The summed E-state index contributed by atoms with van der Waals surface area (Å²) in [7, 11) is 0. The average molecular weight is 366 g/mol. The van der Waals surface area contributed by atoms with Crippen molar-refractivity contribution in [3.05, 3.63) is 59.1 Å². The Labute approximate surface area is 158 Å². The Kier molecular flexibility index (Phi) is 4.09. The fourth-order valence-electron chi connectivity index (χ4n) is 4.51. The van der Waals surface area contributed by atoms with Crippen molar-refractivity contribution >= 4 is 0 Å². The monoisotopic (exact) mass is 366 g/mol. The van der Waals surface area contributed by atoms with Gasteiger partial charge in [0, 0.05) is 24.3 Å². The summed E-state index contributed by atoms with van der Waals surface area (Å²) in [4.78, 5) is 4.41. The number of hydrogen-bond donors (Lipinski definition) is 0. The minimum atomic E-state index is -0.284. The van der Waals surface area contributed by atoms with E-state index >= 15 is 0 Å². The summed E-state index contributed by atoms with van der Waals surface area (Å²) in [6.07, 6.45) is 2.38. The van der Waals surface area contributed by atoms with E-state index in [0.29, 0.717) is 29.4 Å². The number of fused-ring (bicyclic) bond motifs is 1. The van der Waals surface area contributed by atoms with Crippen LogP contribution in [0.2, 0.25) is 0 Å². The van der Waals surface area contributed by atoms with Crippen LogP contribution in [0.25, 0.3) is 11.3 Å². The van der Waals surface area contributed by atoms with Gasteiger partial charge in [-0.2, -0.15) is 15.2 Å². The molecule has 0 unspecified atom stereocenters. The van der Waals surface area contributed by atoms with E-state index in [2.05, 4.69) is 41.1 Å². The highest BCUT2D eigenvalue weighted by Gasteiger charge is 2.53. The molecule has 27 heavy (non-hydrogen) atoms. The van der Waals surface area contributed by atoms with Crippen LogP contribution in [0.3, 0.4) is 0 Å². The van der Waals surface area contributed by atoms with E-state index < -0.39 is 0 Å². The van der Waals surface area contributed by atoms with Crippen LogP contribution >= 0.6 is 0 Å². The molecule has 1 aliphatic carbocycles. The number of nitrogens with zero attached hydrogens (tertiary/aromatic N) is 4. The zero-order chi connectivity index (χ0) is 19.2. The molecule has 0 bridgehead atoms. The molecule has 0 fully saturated rings. The molecule has 0 amide bonds. The lowest BCUT2D eigenvalue weighted by Crippen LogP contribution is -2.41. The summed E-state index contributed by atoms with van der Waals surface area (Å²) in [6, 6.07) is 8.66. The molecule has 0 spiro atoms. The molecule has 1 atom stereocenters. The summed E-state index contributed by atoms with van der Waals surface area (Å²) in [5.74, 6) is 0.969. The lowest BCUT2D eigenvalue weighted by atomic mass is 9.63. The molecular weight excluding hydrogens is 343 g/mol. The molecule has 1 aliphatic rings. The Bertz CT molecular complexity index is 997. The van der Waals surface area contributed by atoms with Crippen molar-refractivity contribution < 1.29 is 8.91 Å². The molecule has 5 nitrogen and oxygen atoms in total. The van der Waals surface area contributed by atoms with Gasteiger partial charge in [0.15, 0.2) is 5.82 Å². The Morgan fingerprint density at radius 3 is 2.63 bits per heavy atom. The van der Waals surface area contributed by atoms with Crippen LogP contribution in [-0.2, 0) is 18.3 Å². The molecule has 2 aromatic heterocycles. The van der Waals surface area contributed by atoms with E-state index in [-0.39, 0.29) is 16.6 Å². The fraction of sp³-hybridized carbons (Fsp3) is 0.429. The molecule has 0 N–H and O–H groups in total. The quantitative estimate of drug-likeness (QED) is 0.683. The maximum absolute atomic E-state index is 14.2. The van der Waals surface area contributed by atoms with Gasteiger partial charge in [0.05, 0.1) is 11.4 Å². The van der Waals surface area contributed by atoms with E-state index in [0.717, 1.165) is 24.1 Å². The number of benzene rings is 1. The third kappa shape index (κ3) is 2.74. The lowest BCUT2D eigenvalue weighted by molar-refractivity contribution is 0.166. The summed E-state index contributed by atoms with van der Waals surface area (Å²) in [5.41, 5.74) is 2.85. The van der Waals surface area contributed by atoms with Gasteiger partial charge in [0.25, 0.3) is 0 Å². The summed E-state index contributed by atoms with van der Waals surface area (Å²) >= 11 is 0.